The molecule has 0 aliphatic carbocycles. The minimum absolute atomic E-state index is 0.0671. The van der Waals surface area contributed by atoms with E-state index < -0.39 is 0 Å². The van der Waals surface area contributed by atoms with Gasteiger partial charge in [-0.05, 0) is 55.8 Å². The molecule has 0 spiro atoms. The Kier molecular flexibility index (Phi) is 4.32. The Hall–Kier alpha value is -1.65. The van der Waals surface area contributed by atoms with Crippen molar-refractivity contribution in [2.75, 3.05) is 18.4 Å². The third-order valence-electron chi connectivity index (χ3n) is 4.41. The molecule has 0 bridgehead atoms. The van der Waals surface area contributed by atoms with E-state index >= 15 is 0 Å². The van der Waals surface area contributed by atoms with Gasteiger partial charge < -0.3 is 5.32 Å². The Labute approximate surface area is 136 Å². The molecule has 1 amide bonds. The fourth-order valence-electron chi connectivity index (χ4n) is 3.11. The molecular weight excluding hydrogens is 292 g/mol. The molecule has 1 aromatic carbocycles. The molecule has 0 fully saturated rings. The van der Waals surface area contributed by atoms with Crippen LogP contribution in [0, 0.1) is 13.8 Å². The molecule has 3 rings (SSSR count). The highest BCUT2D eigenvalue weighted by Gasteiger charge is 2.26. The van der Waals surface area contributed by atoms with Crippen LogP contribution in [0.1, 0.15) is 34.5 Å². The average molecular weight is 314 g/mol. The standard InChI is InChI=1S/C18H22N2OS/c1-12-4-5-16(13(2)10-12)19-18(21)11-20-8-6-17-15(14(20)3)7-9-22-17/h4-5,7,9-10,14H,6,8,11H2,1-3H3,(H,19,21)/t14-/m1/s1. The highest BCUT2D eigenvalue weighted by molar-refractivity contribution is 7.10. The number of thiophene rings is 1. The molecule has 3 nitrogen and oxygen atoms in total. The predicted octanol–water partition coefficient (Wildman–Crippen LogP) is 3.92. The second kappa shape index (κ2) is 6.23. The number of carbonyl (C=O) groups is 1. The molecule has 2 heterocycles. The van der Waals surface area contributed by atoms with E-state index in [2.05, 4.69) is 41.6 Å². The summed E-state index contributed by atoms with van der Waals surface area (Å²) < 4.78 is 0. The molecule has 4 heteroatoms. The lowest BCUT2D eigenvalue weighted by atomic mass is 10.0. The van der Waals surface area contributed by atoms with Crippen molar-refractivity contribution in [3.05, 3.63) is 51.2 Å². The summed E-state index contributed by atoms with van der Waals surface area (Å²) in [5.74, 6) is 0.0671. The number of hydrogen-bond donors (Lipinski definition) is 1. The Bertz CT molecular complexity index is 692. The Morgan fingerprint density at radius 2 is 2.18 bits per heavy atom. The number of anilines is 1. The summed E-state index contributed by atoms with van der Waals surface area (Å²) in [6.45, 7) is 7.68. The first kappa shape index (κ1) is 15.3. The summed E-state index contributed by atoms with van der Waals surface area (Å²) in [6, 6.07) is 8.62. The number of amides is 1. The zero-order chi connectivity index (χ0) is 15.7. The number of benzene rings is 1. The van der Waals surface area contributed by atoms with Crippen molar-refractivity contribution in [1.82, 2.24) is 4.90 Å². The van der Waals surface area contributed by atoms with Crippen LogP contribution in [0.15, 0.2) is 29.6 Å². The molecule has 0 saturated heterocycles. The first-order valence-electron chi connectivity index (χ1n) is 7.72. The van der Waals surface area contributed by atoms with Gasteiger partial charge in [0.05, 0.1) is 6.54 Å². The monoisotopic (exact) mass is 314 g/mol. The lowest BCUT2D eigenvalue weighted by molar-refractivity contribution is -0.117. The molecule has 1 aliphatic heterocycles. The van der Waals surface area contributed by atoms with E-state index in [4.69, 9.17) is 0 Å². The lowest BCUT2D eigenvalue weighted by Crippen LogP contribution is -2.39. The predicted molar refractivity (Wildman–Crippen MR) is 92.6 cm³/mol. The Morgan fingerprint density at radius 1 is 1.36 bits per heavy atom. The van der Waals surface area contributed by atoms with Gasteiger partial charge in [0.2, 0.25) is 5.91 Å². The van der Waals surface area contributed by atoms with Crippen molar-refractivity contribution in [2.24, 2.45) is 0 Å². The zero-order valence-electron chi connectivity index (χ0n) is 13.3. The van der Waals surface area contributed by atoms with Gasteiger partial charge >= 0.3 is 0 Å². The molecule has 2 aromatic rings. The van der Waals surface area contributed by atoms with E-state index in [0.717, 1.165) is 24.2 Å². The smallest absolute Gasteiger partial charge is 0.238 e. The van der Waals surface area contributed by atoms with Crippen LogP contribution in [0.4, 0.5) is 5.69 Å². The molecular formula is C18H22N2OS. The highest BCUT2D eigenvalue weighted by Crippen LogP contribution is 2.32. The van der Waals surface area contributed by atoms with Gasteiger partial charge in [-0.1, -0.05) is 17.7 Å². The fourth-order valence-corrected chi connectivity index (χ4v) is 4.07. The summed E-state index contributed by atoms with van der Waals surface area (Å²) in [5.41, 5.74) is 4.62. The maximum absolute atomic E-state index is 12.4. The maximum atomic E-state index is 12.4. The molecule has 0 radical (unpaired) electrons. The second-order valence-electron chi connectivity index (χ2n) is 6.06. The van der Waals surface area contributed by atoms with Crippen LogP contribution in [0.25, 0.3) is 0 Å². The van der Waals surface area contributed by atoms with E-state index in [9.17, 15) is 4.79 Å². The van der Waals surface area contributed by atoms with Gasteiger partial charge in [-0.2, -0.15) is 0 Å². The largest absolute Gasteiger partial charge is 0.325 e. The van der Waals surface area contributed by atoms with Crippen molar-refractivity contribution in [1.29, 1.82) is 0 Å². The summed E-state index contributed by atoms with van der Waals surface area (Å²) in [4.78, 5) is 16.1. The van der Waals surface area contributed by atoms with E-state index in [1.807, 2.05) is 30.4 Å². The van der Waals surface area contributed by atoms with Crippen LogP contribution in [-0.4, -0.2) is 23.9 Å². The number of aryl methyl sites for hydroxylation is 2. The first-order valence-corrected chi connectivity index (χ1v) is 8.60. The van der Waals surface area contributed by atoms with Crippen molar-refractivity contribution >= 4 is 22.9 Å². The summed E-state index contributed by atoms with van der Waals surface area (Å²) >= 11 is 1.83. The number of fused-ring (bicyclic) bond motifs is 1. The maximum Gasteiger partial charge on any atom is 0.238 e. The van der Waals surface area contributed by atoms with Crippen LogP contribution in [-0.2, 0) is 11.2 Å². The number of nitrogens with one attached hydrogen (secondary N) is 1. The van der Waals surface area contributed by atoms with Crippen molar-refractivity contribution in [3.63, 3.8) is 0 Å². The van der Waals surface area contributed by atoms with Crippen LogP contribution < -0.4 is 5.32 Å². The van der Waals surface area contributed by atoms with Gasteiger partial charge in [-0.25, -0.2) is 0 Å². The van der Waals surface area contributed by atoms with E-state index in [1.165, 1.54) is 16.0 Å². The molecule has 1 atom stereocenters. The van der Waals surface area contributed by atoms with Crippen LogP contribution in [0.2, 0.25) is 0 Å². The number of rotatable bonds is 3. The third-order valence-corrected chi connectivity index (χ3v) is 5.40. The second-order valence-corrected chi connectivity index (χ2v) is 7.06. The fraction of sp³-hybridized carbons (Fsp3) is 0.389. The summed E-state index contributed by atoms with van der Waals surface area (Å²) in [6.07, 6.45) is 1.05. The number of hydrogen-bond acceptors (Lipinski definition) is 3. The van der Waals surface area contributed by atoms with Crippen LogP contribution in [0.3, 0.4) is 0 Å². The normalized spacial score (nSPS) is 18.0. The molecule has 22 heavy (non-hydrogen) atoms. The summed E-state index contributed by atoms with van der Waals surface area (Å²) in [7, 11) is 0. The quantitative estimate of drug-likeness (QED) is 0.931. The molecule has 0 saturated carbocycles. The number of nitrogens with zero attached hydrogens (tertiary/aromatic N) is 1. The van der Waals surface area contributed by atoms with Crippen molar-refractivity contribution < 1.29 is 4.79 Å². The molecule has 1 aliphatic rings. The first-order chi connectivity index (χ1) is 10.5. The van der Waals surface area contributed by atoms with E-state index in [-0.39, 0.29) is 5.91 Å². The van der Waals surface area contributed by atoms with Gasteiger partial charge in [0.15, 0.2) is 0 Å². The Balaban J connectivity index is 1.65. The van der Waals surface area contributed by atoms with Gasteiger partial charge in [0.25, 0.3) is 0 Å². The molecule has 1 N–H and O–H groups in total. The lowest BCUT2D eigenvalue weighted by Gasteiger charge is -2.33. The van der Waals surface area contributed by atoms with Gasteiger partial charge in [0.1, 0.15) is 0 Å². The Morgan fingerprint density at radius 3 is 2.95 bits per heavy atom. The van der Waals surface area contributed by atoms with Gasteiger partial charge in [-0.15, -0.1) is 11.3 Å². The zero-order valence-corrected chi connectivity index (χ0v) is 14.2. The minimum Gasteiger partial charge on any atom is -0.325 e. The average Bonchev–Trinajstić information content (AvgIpc) is 2.94. The van der Waals surface area contributed by atoms with Gasteiger partial charge in [-0.3, -0.25) is 9.69 Å². The van der Waals surface area contributed by atoms with Crippen LogP contribution >= 0.6 is 11.3 Å². The molecule has 116 valence electrons. The summed E-state index contributed by atoms with van der Waals surface area (Å²) in [5, 5.41) is 5.20. The number of carbonyl (C=O) groups excluding carboxylic acids is 1. The van der Waals surface area contributed by atoms with Gasteiger partial charge in [0, 0.05) is 23.2 Å². The SMILES string of the molecule is Cc1ccc(NC(=O)CN2CCc3sccc3[C@H]2C)c(C)c1. The van der Waals surface area contributed by atoms with Crippen molar-refractivity contribution in [3.8, 4) is 0 Å². The molecule has 0 unspecified atom stereocenters. The minimum atomic E-state index is 0.0671. The highest BCUT2D eigenvalue weighted by atomic mass is 32.1. The van der Waals surface area contributed by atoms with Crippen LogP contribution in [0.5, 0.6) is 0 Å². The third kappa shape index (κ3) is 3.08. The van der Waals surface area contributed by atoms with Crippen molar-refractivity contribution in [2.45, 2.75) is 33.2 Å². The molecule has 1 aromatic heterocycles. The van der Waals surface area contributed by atoms with E-state index in [1.54, 1.807) is 0 Å². The topological polar surface area (TPSA) is 32.3 Å². The van der Waals surface area contributed by atoms with E-state index in [0.29, 0.717) is 12.6 Å².